The molecule has 0 unspecified atom stereocenters. The Morgan fingerprint density at radius 1 is 1.25 bits per heavy atom. The number of para-hydroxylation sites is 1. The summed E-state index contributed by atoms with van der Waals surface area (Å²) in [5.41, 5.74) is 7.59. The first-order valence-corrected chi connectivity index (χ1v) is 3.86. The Labute approximate surface area is 70.7 Å². The third-order valence-electron chi connectivity index (χ3n) is 1.90. The van der Waals surface area contributed by atoms with Gasteiger partial charge in [0.15, 0.2) is 0 Å². The maximum atomic E-state index is 5.32. The zero-order valence-electron chi connectivity index (χ0n) is 6.62. The molecule has 0 amide bonds. The summed E-state index contributed by atoms with van der Waals surface area (Å²) in [5, 5.41) is 1.21. The highest BCUT2D eigenvalue weighted by Crippen LogP contribution is 2.18. The second-order valence-electron chi connectivity index (χ2n) is 2.65. The van der Waals surface area contributed by atoms with Gasteiger partial charge in [0.2, 0.25) is 0 Å². The summed E-state index contributed by atoms with van der Waals surface area (Å²) >= 11 is 0. The predicted octanol–water partition coefficient (Wildman–Crippen LogP) is 2.10. The Kier molecular flexibility index (Phi) is 1.59. The average molecular weight is 158 g/mol. The molecule has 60 valence electrons. The van der Waals surface area contributed by atoms with Crippen LogP contribution < -0.4 is 5.73 Å². The van der Waals surface area contributed by atoms with Crippen LogP contribution in [0.2, 0.25) is 0 Å². The molecule has 1 aromatic carbocycles. The molecule has 12 heavy (non-hydrogen) atoms. The van der Waals surface area contributed by atoms with Gasteiger partial charge in [0.1, 0.15) is 0 Å². The molecule has 2 nitrogen and oxygen atoms in total. The van der Waals surface area contributed by atoms with Crippen molar-refractivity contribution in [1.29, 1.82) is 0 Å². The standard InChI is InChI=1S/C10H10N2/c11-6-5-8-7-12-10-4-2-1-3-9(8)10/h1-7,12H,11H2/b6-5-. The minimum absolute atomic E-state index is 1.13. The van der Waals surface area contributed by atoms with Crippen molar-refractivity contribution < 1.29 is 0 Å². The van der Waals surface area contributed by atoms with Crippen LogP contribution in [0.3, 0.4) is 0 Å². The van der Waals surface area contributed by atoms with Gasteiger partial charge in [-0.1, -0.05) is 18.2 Å². The van der Waals surface area contributed by atoms with Crippen molar-refractivity contribution in [3.05, 3.63) is 42.2 Å². The Morgan fingerprint density at radius 2 is 2.08 bits per heavy atom. The van der Waals surface area contributed by atoms with E-state index in [2.05, 4.69) is 11.1 Å². The lowest BCUT2D eigenvalue weighted by atomic mass is 10.2. The first-order chi connectivity index (χ1) is 5.92. The Morgan fingerprint density at radius 3 is 2.92 bits per heavy atom. The molecule has 2 rings (SSSR count). The van der Waals surface area contributed by atoms with Crippen LogP contribution in [-0.4, -0.2) is 4.98 Å². The number of benzene rings is 1. The number of aromatic amines is 1. The van der Waals surface area contributed by atoms with Gasteiger partial charge in [0.05, 0.1) is 0 Å². The summed E-state index contributed by atoms with van der Waals surface area (Å²) in [6.07, 6.45) is 5.39. The molecule has 0 atom stereocenters. The van der Waals surface area contributed by atoms with Crippen LogP contribution in [0.25, 0.3) is 17.0 Å². The van der Waals surface area contributed by atoms with Crippen LogP contribution in [0.1, 0.15) is 5.56 Å². The van der Waals surface area contributed by atoms with Crippen LogP contribution in [0.15, 0.2) is 36.7 Å². The van der Waals surface area contributed by atoms with Crippen LogP contribution >= 0.6 is 0 Å². The van der Waals surface area contributed by atoms with Crippen molar-refractivity contribution in [1.82, 2.24) is 4.98 Å². The molecule has 1 heterocycles. The fraction of sp³-hybridized carbons (Fsp3) is 0. The Hall–Kier alpha value is -1.70. The lowest BCUT2D eigenvalue weighted by Crippen LogP contribution is -1.75. The van der Waals surface area contributed by atoms with E-state index in [1.54, 1.807) is 6.20 Å². The van der Waals surface area contributed by atoms with E-state index in [0.29, 0.717) is 0 Å². The molecule has 2 aromatic rings. The van der Waals surface area contributed by atoms with E-state index >= 15 is 0 Å². The highest BCUT2D eigenvalue weighted by Gasteiger charge is 1.97. The molecule has 0 aliphatic heterocycles. The van der Waals surface area contributed by atoms with Crippen molar-refractivity contribution >= 4 is 17.0 Å². The number of fused-ring (bicyclic) bond motifs is 1. The minimum Gasteiger partial charge on any atom is -0.405 e. The maximum Gasteiger partial charge on any atom is 0.0460 e. The number of hydrogen-bond acceptors (Lipinski definition) is 1. The van der Waals surface area contributed by atoms with Gasteiger partial charge in [-0.3, -0.25) is 0 Å². The third kappa shape index (κ3) is 0.975. The van der Waals surface area contributed by atoms with Gasteiger partial charge in [-0.25, -0.2) is 0 Å². The van der Waals surface area contributed by atoms with Crippen molar-refractivity contribution in [2.45, 2.75) is 0 Å². The molecule has 0 fully saturated rings. The van der Waals surface area contributed by atoms with E-state index in [-0.39, 0.29) is 0 Å². The summed E-state index contributed by atoms with van der Waals surface area (Å²) in [7, 11) is 0. The normalized spacial score (nSPS) is 11.3. The molecule has 0 aliphatic rings. The predicted molar refractivity (Wildman–Crippen MR) is 51.5 cm³/mol. The van der Waals surface area contributed by atoms with Gasteiger partial charge >= 0.3 is 0 Å². The first-order valence-electron chi connectivity index (χ1n) is 3.86. The lowest BCUT2D eigenvalue weighted by molar-refractivity contribution is 1.47. The van der Waals surface area contributed by atoms with Gasteiger partial charge in [0.25, 0.3) is 0 Å². The van der Waals surface area contributed by atoms with Crippen molar-refractivity contribution in [2.75, 3.05) is 0 Å². The van der Waals surface area contributed by atoms with E-state index in [0.717, 1.165) is 11.1 Å². The molecule has 3 N–H and O–H groups in total. The fourth-order valence-electron chi connectivity index (χ4n) is 1.34. The Bertz CT molecular complexity index is 412. The van der Waals surface area contributed by atoms with Crippen LogP contribution in [-0.2, 0) is 0 Å². The molecular weight excluding hydrogens is 148 g/mol. The monoisotopic (exact) mass is 158 g/mol. The first kappa shape index (κ1) is 6.98. The maximum absolute atomic E-state index is 5.32. The highest BCUT2D eigenvalue weighted by molar-refractivity contribution is 5.88. The van der Waals surface area contributed by atoms with Gasteiger partial charge in [-0.15, -0.1) is 0 Å². The summed E-state index contributed by atoms with van der Waals surface area (Å²) in [6, 6.07) is 8.14. The smallest absolute Gasteiger partial charge is 0.0460 e. The second-order valence-corrected chi connectivity index (χ2v) is 2.65. The Balaban J connectivity index is 2.70. The van der Waals surface area contributed by atoms with Crippen LogP contribution in [0, 0.1) is 0 Å². The van der Waals surface area contributed by atoms with Crippen LogP contribution in [0.5, 0.6) is 0 Å². The fourth-order valence-corrected chi connectivity index (χ4v) is 1.34. The molecular formula is C10H10N2. The van der Waals surface area contributed by atoms with E-state index in [9.17, 15) is 0 Å². The molecule has 0 radical (unpaired) electrons. The molecule has 0 bridgehead atoms. The topological polar surface area (TPSA) is 41.8 Å². The van der Waals surface area contributed by atoms with E-state index in [1.807, 2.05) is 30.5 Å². The number of aromatic nitrogens is 1. The number of hydrogen-bond donors (Lipinski definition) is 2. The number of rotatable bonds is 1. The van der Waals surface area contributed by atoms with Gasteiger partial charge < -0.3 is 10.7 Å². The van der Waals surface area contributed by atoms with Crippen molar-refractivity contribution in [3.8, 4) is 0 Å². The molecule has 0 saturated carbocycles. The number of nitrogens with two attached hydrogens (primary N) is 1. The van der Waals surface area contributed by atoms with Gasteiger partial charge in [0, 0.05) is 22.7 Å². The molecule has 2 heteroatoms. The van der Waals surface area contributed by atoms with E-state index < -0.39 is 0 Å². The molecule has 0 saturated heterocycles. The molecule has 0 spiro atoms. The number of H-pyrrole nitrogens is 1. The van der Waals surface area contributed by atoms with Crippen LogP contribution in [0.4, 0.5) is 0 Å². The average Bonchev–Trinajstić information content (AvgIpc) is 2.50. The summed E-state index contributed by atoms with van der Waals surface area (Å²) in [5.74, 6) is 0. The highest BCUT2D eigenvalue weighted by atomic mass is 14.7. The zero-order valence-corrected chi connectivity index (χ0v) is 6.62. The SMILES string of the molecule is N/C=C\c1c[nH]c2ccccc12. The summed E-state index contributed by atoms with van der Waals surface area (Å²) in [6.45, 7) is 0. The van der Waals surface area contributed by atoms with Crippen molar-refractivity contribution in [2.24, 2.45) is 5.73 Å². The summed E-state index contributed by atoms with van der Waals surface area (Å²) in [4.78, 5) is 3.17. The minimum atomic E-state index is 1.13. The van der Waals surface area contributed by atoms with E-state index in [4.69, 9.17) is 5.73 Å². The van der Waals surface area contributed by atoms with Gasteiger partial charge in [-0.2, -0.15) is 0 Å². The third-order valence-corrected chi connectivity index (χ3v) is 1.90. The van der Waals surface area contributed by atoms with Gasteiger partial charge in [-0.05, 0) is 18.3 Å². The second kappa shape index (κ2) is 2.74. The zero-order chi connectivity index (χ0) is 8.39. The molecule has 1 aromatic heterocycles. The van der Waals surface area contributed by atoms with Crippen molar-refractivity contribution in [3.63, 3.8) is 0 Å². The number of nitrogens with one attached hydrogen (secondary N) is 1. The van der Waals surface area contributed by atoms with E-state index in [1.165, 1.54) is 5.39 Å². The largest absolute Gasteiger partial charge is 0.405 e. The quantitative estimate of drug-likeness (QED) is 0.655. The molecule has 0 aliphatic carbocycles. The summed E-state index contributed by atoms with van der Waals surface area (Å²) < 4.78 is 0. The lowest BCUT2D eigenvalue weighted by Gasteiger charge is -1.88.